The Bertz CT molecular complexity index is 1380. The van der Waals surface area contributed by atoms with Crippen LogP contribution in [0.5, 0.6) is 11.5 Å². The highest BCUT2D eigenvalue weighted by Gasteiger charge is 2.19. The van der Waals surface area contributed by atoms with Gasteiger partial charge in [0.05, 0.1) is 0 Å². The van der Waals surface area contributed by atoms with Gasteiger partial charge in [-0.05, 0) is 40.6 Å². The molecular weight excluding hydrogens is 356 g/mol. The van der Waals surface area contributed by atoms with Crippen LogP contribution in [0.4, 0.5) is 0 Å². The van der Waals surface area contributed by atoms with Crippen LogP contribution in [-0.2, 0) is 0 Å². The first-order valence-electron chi connectivity index (χ1n) is 9.67. The maximum absolute atomic E-state index is 10.6. The first-order chi connectivity index (χ1) is 14.1. The monoisotopic (exact) mass is 376 g/mol. The van der Waals surface area contributed by atoms with Gasteiger partial charge < -0.3 is 10.2 Å². The highest BCUT2D eigenvalue weighted by Crippen LogP contribution is 2.47. The van der Waals surface area contributed by atoms with Gasteiger partial charge in [-0.1, -0.05) is 84.4 Å². The molecule has 0 atom stereocenters. The first-order valence-corrected chi connectivity index (χ1v) is 9.67. The van der Waals surface area contributed by atoms with Gasteiger partial charge in [0.15, 0.2) is 0 Å². The Labute approximate surface area is 169 Å². The number of phenolic OH excluding ortho intramolecular Hbond substituents is 2. The van der Waals surface area contributed by atoms with Crippen molar-refractivity contribution in [2.24, 2.45) is 0 Å². The quantitative estimate of drug-likeness (QED) is 0.324. The van der Waals surface area contributed by atoms with E-state index in [2.05, 4.69) is 37.3 Å². The Hall–Kier alpha value is -3.78. The highest BCUT2D eigenvalue weighted by atomic mass is 16.3. The summed E-state index contributed by atoms with van der Waals surface area (Å²) in [5.74, 6) is 0.519. The van der Waals surface area contributed by atoms with Crippen LogP contribution in [-0.4, -0.2) is 10.2 Å². The second-order valence-electron chi connectivity index (χ2n) is 7.38. The van der Waals surface area contributed by atoms with Crippen LogP contribution in [0.1, 0.15) is 5.56 Å². The molecule has 140 valence electrons. The third-order valence-electron chi connectivity index (χ3n) is 5.53. The van der Waals surface area contributed by atoms with Crippen molar-refractivity contribution in [1.82, 2.24) is 0 Å². The van der Waals surface area contributed by atoms with Crippen LogP contribution in [0, 0.1) is 6.92 Å². The molecule has 0 saturated heterocycles. The smallest absolute Gasteiger partial charge is 0.123 e. The summed E-state index contributed by atoms with van der Waals surface area (Å²) in [6, 6.07) is 29.5. The zero-order valence-electron chi connectivity index (χ0n) is 16.1. The van der Waals surface area contributed by atoms with Crippen LogP contribution in [0.25, 0.3) is 43.8 Å². The van der Waals surface area contributed by atoms with Gasteiger partial charge in [-0.3, -0.25) is 0 Å². The number of rotatable bonds is 2. The van der Waals surface area contributed by atoms with E-state index in [1.54, 1.807) is 12.1 Å². The van der Waals surface area contributed by atoms with Gasteiger partial charge in [-0.25, -0.2) is 0 Å². The van der Waals surface area contributed by atoms with Gasteiger partial charge in [-0.2, -0.15) is 0 Å². The van der Waals surface area contributed by atoms with Gasteiger partial charge in [0.1, 0.15) is 11.5 Å². The fourth-order valence-corrected chi connectivity index (χ4v) is 4.24. The van der Waals surface area contributed by atoms with Crippen molar-refractivity contribution >= 4 is 21.5 Å². The lowest BCUT2D eigenvalue weighted by molar-refractivity contribution is 0.477. The number of phenols is 2. The Balaban J connectivity index is 2.06. The van der Waals surface area contributed by atoms with E-state index >= 15 is 0 Å². The van der Waals surface area contributed by atoms with Crippen LogP contribution in [0.3, 0.4) is 0 Å². The molecule has 0 aromatic heterocycles. The van der Waals surface area contributed by atoms with Crippen LogP contribution < -0.4 is 0 Å². The van der Waals surface area contributed by atoms with Gasteiger partial charge in [0.2, 0.25) is 0 Å². The van der Waals surface area contributed by atoms with E-state index in [0.29, 0.717) is 0 Å². The first kappa shape index (κ1) is 17.3. The molecule has 0 heterocycles. The van der Waals surface area contributed by atoms with Crippen LogP contribution in [0.15, 0.2) is 91.0 Å². The lowest BCUT2D eigenvalue weighted by Gasteiger charge is -2.19. The third kappa shape index (κ3) is 2.73. The molecule has 2 nitrogen and oxygen atoms in total. The second-order valence-corrected chi connectivity index (χ2v) is 7.38. The Morgan fingerprint density at radius 3 is 1.48 bits per heavy atom. The molecule has 5 aromatic rings. The van der Waals surface area contributed by atoms with E-state index < -0.39 is 0 Å². The van der Waals surface area contributed by atoms with Gasteiger partial charge in [-0.15, -0.1) is 0 Å². The predicted molar refractivity (Wildman–Crippen MR) is 120 cm³/mol. The molecule has 0 bridgehead atoms. The number of aryl methyl sites for hydroxylation is 1. The molecule has 5 aromatic carbocycles. The molecule has 2 N–H and O–H groups in total. The Morgan fingerprint density at radius 1 is 0.483 bits per heavy atom. The van der Waals surface area contributed by atoms with Gasteiger partial charge >= 0.3 is 0 Å². The molecule has 0 fully saturated rings. The molecular formula is C27H20O2. The summed E-state index contributed by atoms with van der Waals surface area (Å²) >= 11 is 0. The molecule has 0 saturated carbocycles. The summed E-state index contributed by atoms with van der Waals surface area (Å²) in [6.45, 7) is 2.07. The number of para-hydroxylation sites is 2. The molecule has 0 unspecified atom stereocenters. The van der Waals surface area contributed by atoms with Crippen LogP contribution >= 0.6 is 0 Å². The standard InChI is InChI=1S/C27H20O2/c1-17-14-15-20-23(16-17)27(22-11-5-7-13-25(22)29)19-9-3-2-8-18(19)26(20)21-10-4-6-12-24(21)28/h2-16,28-29H,1H3. The summed E-state index contributed by atoms with van der Waals surface area (Å²) in [5.41, 5.74) is 4.78. The van der Waals surface area contributed by atoms with Gasteiger partial charge in [0.25, 0.3) is 0 Å². The zero-order valence-corrected chi connectivity index (χ0v) is 16.1. The van der Waals surface area contributed by atoms with E-state index in [0.717, 1.165) is 49.4 Å². The second kappa shape index (κ2) is 6.68. The zero-order chi connectivity index (χ0) is 20.0. The highest BCUT2D eigenvalue weighted by molar-refractivity contribution is 6.22. The third-order valence-corrected chi connectivity index (χ3v) is 5.53. The summed E-state index contributed by atoms with van der Waals surface area (Å²) < 4.78 is 0. The minimum absolute atomic E-state index is 0.259. The van der Waals surface area contributed by atoms with Gasteiger partial charge in [0, 0.05) is 22.3 Å². The Kier molecular flexibility index (Phi) is 3.99. The minimum atomic E-state index is 0.259. The Morgan fingerprint density at radius 2 is 0.931 bits per heavy atom. The van der Waals surface area contributed by atoms with E-state index in [1.807, 2.05) is 48.5 Å². The molecule has 0 aliphatic heterocycles. The van der Waals surface area contributed by atoms with Crippen molar-refractivity contribution < 1.29 is 10.2 Å². The molecule has 2 heteroatoms. The number of fused-ring (bicyclic) bond motifs is 2. The predicted octanol–water partition coefficient (Wildman–Crippen LogP) is 7.05. The lowest BCUT2D eigenvalue weighted by atomic mass is 9.85. The van der Waals surface area contributed by atoms with E-state index in [4.69, 9.17) is 0 Å². The number of hydrogen-bond donors (Lipinski definition) is 2. The van der Waals surface area contributed by atoms with Crippen molar-refractivity contribution in [1.29, 1.82) is 0 Å². The van der Waals surface area contributed by atoms with Crippen molar-refractivity contribution in [2.75, 3.05) is 0 Å². The van der Waals surface area contributed by atoms with Crippen molar-refractivity contribution in [3.05, 3.63) is 96.6 Å². The topological polar surface area (TPSA) is 40.5 Å². The normalized spacial score (nSPS) is 11.2. The van der Waals surface area contributed by atoms with Crippen molar-refractivity contribution in [2.45, 2.75) is 6.92 Å². The number of hydrogen-bond acceptors (Lipinski definition) is 2. The summed E-state index contributed by atoms with van der Waals surface area (Å²) in [5, 5.41) is 25.5. The minimum Gasteiger partial charge on any atom is -0.507 e. The molecule has 0 radical (unpaired) electrons. The van der Waals surface area contributed by atoms with Crippen LogP contribution in [0.2, 0.25) is 0 Å². The van der Waals surface area contributed by atoms with E-state index in [9.17, 15) is 10.2 Å². The average molecular weight is 376 g/mol. The summed E-state index contributed by atoms with van der Waals surface area (Å²) in [6.07, 6.45) is 0. The maximum Gasteiger partial charge on any atom is 0.123 e. The SMILES string of the molecule is Cc1ccc2c(-c3ccccc3O)c3ccccc3c(-c3ccccc3O)c2c1. The molecule has 29 heavy (non-hydrogen) atoms. The lowest BCUT2D eigenvalue weighted by Crippen LogP contribution is -1.92. The van der Waals surface area contributed by atoms with Crippen molar-refractivity contribution in [3.8, 4) is 33.8 Å². The largest absolute Gasteiger partial charge is 0.507 e. The number of aromatic hydroxyl groups is 2. The fourth-order valence-electron chi connectivity index (χ4n) is 4.24. The molecule has 5 rings (SSSR count). The molecule has 0 aliphatic rings. The fraction of sp³-hybridized carbons (Fsp3) is 0.0370. The van der Waals surface area contributed by atoms with E-state index in [1.165, 1.54) is 0 Å². The van der Waals surface area contributed by atoms with Crippen molar-refractivity contribution in [3.63, 3.8) is 0 Å². The summed E-state index contributed by atoms with van der Waals surface area (Å²) in [7, 11) is 0. The molecule has 0 aliphatic carbocycles. The molecule has 0 amide bonds. The molecule has 0 spiro atoms. The number of benzene rings is 5. The maximum atomic E-state index is 10.6. The van der Waals surface area contributed by atoms with E-state index in [-0.39, 0.29) is 11.5 Å². The summed E-state index contributed by atoms with van der Waals surface area (Å²) in [4.78, 5) is 0. The average Bonchev–Trinajstić information content (AvgIpc) is 2.73.